The molecule has 0 N–H and O–H groups in total. The summed E-state index contributed by atoms with van der Waals surface area (Å²) in [5.74, 6) is -0.545. The SMILES string of the molecule is CCC1CC(=O)N(CCC(=O)CCCOCCOCC(C)=O)C1=O. The molecule has 1 unspecified atom stereocenters. The van der Waals surface area contributed by atoms with Gasteiger partial charge in [0, 0.05) is 38.3 Å². The fourth-order valence-corrected chi connectivity index (χ4v) is 2.47. The first-order valence-electron chi connectivity index (χ1n) is 8.46. The molecule has 0 spiro atoms. The highest BCUT2D eigenvalue weighted by atomic mass is 16.5. The molecule has 1 rings (SSSR count). The normalized spacial score (nSPS) is 17.6. The van der Waals surface area contributed by atoms with E-state index in [0.29, 0.717) is 39.1 Å². The molecule has 0 bridgehead atoms. The van der Waals surface area contributed by atoms with Crippen LogP contribution < -0.4 is 0 Å². The van der Waals surface area contributed by atoms with Crippen LogP contribution in [0.25, 0.3) is 0 Å². The van der Waals surface area contributed by atoms with Gasteiger partial charge in [0.05, 0.1) is 13.2 Å². The third-order valence-electron chi connectivity index (χ3n) is 3.87. The van der Waals surface area contributed by atoms with Crippen LogP contribution in [0.1, 0.15) is 46.0 Å². The van der Waals surface area contributed by atoms with Crippen molar-refractivity contribution < 1.29 is 28.7 Å². The standard InChI is InChI=1S/C17H27NO6/c1-3-14-11-16(21)18(17(14)22)7-6-15(20)5-4-8-23-9-10-24-12-13(2)19/h14H,3-12H2,1-2H3. The van der Waals surface area contributed by atoms with E-state index in [9.17, 15) is 19.2 Å². The maximum absolute atomic E-state index is 11.9. The van der Waals surface area contributed by atoms with Crippen LogP contribution in [0.3, 0.4) is 0 Å². The number of ketones is 2. The van der Waals surface area contributed by atoms with E-state index < -0.39 is 0 Å². The van der Waals surface area contributed by atoms with Crippen molar-refractivity contribution in [3.05, 3.63) is 0 Å². The van der Waals surface area contributed by atoms with Gasteiger partial charge in [0.1, 0.15) is 12.4 Å². The number of rotatable bonds is 13. The van der Waals surface area contributed by atoms with Gasteiger partial charge in [0.2, 0.25) is 11.8 Å². The summed E-state index contributed by atoms with van der Waals surface area (Å²) in [4.78, 5) is 47.3. The zero-order chi connectivity index (χ0) is 17.9. The predicted molar refractivity (Wildman–Crippen MR) is 86.3 cm³/mol. The number of hydrogen-bond donors (Lipinski definition) is 0. The van der Waals surface area contributed by atoms with Gasteiger partial charge in [-0.1, -0.05) is 6.92 Å². The van der Waals surface area contributed by atoms with Crippen LogP contribution in [0.2, 0.25) is 0 Å². The lowest BCUT2D eigenvalue weighted by Crippen LogP contribution is -2.32. The minimum absolute atomic E-state index is 0.0204. The van der Waals surface area contributed by atoms with E-state index in [-0.39, 0.29) is 55.3 Å². The first kappa shape index (κ1) is 20.4. The smallest absolute Gasteiger partial charge is 0.232 e. The van der Waals surface area contributed by atoms with Crippen LogP contribution in [0.15, 0.2) is 0 Å². The first-order chi connectivity index (χ1) is 11.5. The quantitative estimate of drug-likeness (QED) is 0.368. The van der Waals surface area contributed by atoms with Gasteiger partial charge in [-0.2, -0.15) is 0 Å². The van der Waals surface area contributed by atoms with Crippen LogP contribution in [0, 0.1) is 5.92 Å². The van der Waals surface area contributed by atoms with Crippen molar-refractivity contribution in [2.45, 2.75) is 46.0 Å². The second kappa shape index (κ2) is 11.0. The van der Waals surface area contributed by atoms with Gasteiger partial charge in [0.25, 0.3) is 0 Å². The van der Waals surface area contributed by atoms with Crippen LogP contribution in [-0.2, 0) is 28.7 Å². The van der Waals surface area contributed by atoms with Crippen molar-refractivity contribution in [1.29, 1.82) is 0 Å². The number of carbonyl (C=O) groups is 4. The summed E-state index contributed by atoms with van der Waals surface area (Å²) >= 11 is 0. The lowest BCUT2D eigenvalue weighted by atomic mass is 10.1. The molecule has 0 aliphatic carbocycles. The lowest BCUT2D eigenvalue weighted by Gasteiger charge is -2.14. The molecule has 136 valence electrons. The fourth-order valence-electron chi connectivity index (χ4n) is 2.47. The summed E-state index contributed by atoms with van der Waals surface area (Å²) in [5.41, 5.74) is 0. The Morgan fingerprint density at radius 2 is 1.83 bits per heavy atom. The molecule has 1 heterocycles. The number of likely N-dealkylation sites (tertiary alicyclic amines) is 1. The van der Waals surface area contributed by atoms with E-state index in [1.54, 1.807) is 0 Å². The average Bonchev–Trinajstić information content (AvgIpc) is 2.81. The number of carbonyl (C=O) groups excluding carboxylic acids is 4. The number of hydrogen-bond acceptors (Lipinski definition) is 6. The van der Waals surface area contributed by atoms with Crippen molar-refractivity contribution in [3.63, 3.8) is 0 Å². The van der Waals surface area contributed by atoms with Crippen LogP contribution in [0.5, 0.6) is 0 Å². The Morgan fingerprint density at radius 1 is 1.12 bits per heavy atom. The Morgan fingerprint density at radius 3 is 2.46 bits per heavy atom. The highest BCUT2D eigenvalue weighted by Gasteiger charge is 2.36. The Labute approximate surface area is 142 Å². The first-order valence-corrected chi connectivity index (χ1v) is 8.46. The molecule has 0 radical (unpaired) electrons. The molecule has 1 aliphatic rings. The molecule has 7 heteroatoms. The lowest BCUT2D eigenvalue weighted by molar-refractivity contribution is -0.139. The van der Waals surface area contributed by atoms with Gasteiger partial charge in [-0.25, -0.2) is 0 Å². The second-order valence-electron chi connectivity index (χ2n) is 5.95. The van der Waals surface area contributed by atoms with Crippen molar-refractivity contribution in [1.82, 2.24) is 4.90 Å². The molecule has 0 aromatic rings. The zero-order valence-corrected chi connectivity index (χ0v) is 14.5. The van der Waals surface area contributed by atoms with Gasteiger partial charge in [-0.15, -0.1) is 0 Å². The molecular formula is C17H27NO6. The predicted octanol–water partition coefficient (Wildman–Crippen LogP) is 1.13. The van der Waals surface area contributed by atoms with E-state index >= 15 is 0 Å². The molecule has 1 atom stereocenters. The molecule has 7 nitrogen and oxygen atoms in total. The number of imide groups is 1. The van der Waals surface area contributed by atoms with Crippen molar-refractivity contribution >= 4 is 23.4 Å². The average molecular weight is 341 g/mol. The molecule has 1 aliphatic heterocycles. The summed E-state index contributed by atoms with van der Waals surface area (Å²) in [5, 5.41) is 0. The van der Waals surface area contributed by atoms with E-state index in [1.165, 1.54) is 11.8 Å². The monoisotopic (exact) mass is 341 g/mol. The van der Waals surface area contributed by atoms with Crippen molar-refractivity contribution in [3.8, 4) is 0 Å². The Kier molecular flexibility index (Phi) is 9.41. The molecule has 0 aromatic heterocycles. The molecule has 0 saturated carbocycles. The summed E-state index contributed by atoms with van der Waals surface area (Å²) in [7, 11) is 0. The fraction of sp³-hybridized carbons (Fsp3) is 0.765. The second-order valence-corrected chi connectivity index (χ2v) is 5.95. The molecule has 24 heavy (non-hydrogen) atoms. The van der Waals surface area contributed by atoms with Crippen LogP contribution >= 0.6 is 0 Å². The largest absolute Gasteiger partial charge is 0.379 e. The Balaban J connectivity index is 2.05. The van der Waals surface area contributed by atoms with Crippen molar-refractivity contribution in [2.24, 2.45) is 5.92 Å². The van der Waals surface area contributed by atoms with Crippen LogP contribution in [0.4, 0.5) is 0 Å². The zero-order valence-electron chi connectivity index (χ0n) is 14.5. The van der Waals surface area contributed by atoms with Gasteiger partial charge in [0.15, 0.2) is 5.78 Å². The minimum atomic E-state index is -0.216. The van der Waals surface area contributed by atoms with E-state index in [0.717, 1.165) is 0 Å². The summed E-state index contributed by atoms with van der Waals surface area (Å²) in [6.45, 7) is 4.80. The topological polar surface area (TPSA) is 90.0 Å². The third-order valence-corrected chi connectivity index (χ3v) is 3.87. The highest BCUT2D eigenvalue weighted by Crippen LogP contribution is 2.22. The number of amides is 2. The molecule has 2 amide bonds. The van der Waals surface area contributed by atoms with E-state index in [4.69, 9.17) is 9.47 Å². The molecule has 0 aromatic carbocycles. The number of nitrogens with zero attached hydrogens (tertiary/aromatic N) is 1. The molecule has 1 saturated heterocycles. The summed E-state index contributed by atoms with van der Waals surface area (Å²) in [6.07, 6.45) is 2.08. The van der Waals surface area contributed by atoms with Gasteiger partial charge >= 0.3 is 0 Å². The summed E-state index contributed by atoms with van der Waals surface area (Å²) in [6, 6.07) is 0. The number of ether oxygens (including phenoxy) is 2. The van der Waals surface area contributed by atoms with Gasteiger partial charge < -0.3 is 9.47 Å². The van der Waals surface area contributed by atoms with Gasteiger partial charge in [-0.05, 0) is 19.8 Å². The minimum Gasteiger partial charge on any atom is -0.379 e. The Bertz CT molecular complexity index is 462. The maximum atomic E-state index is 11.9. The van der Waals surface area contributed by atoms with Crippen molar-refractivity contribution in [2.75, 3.05) is 33.0 Å². The maximum Gasteiger partial charge on any atom is 0.232 e. The molecular weight excluding hydrogens is 314 g/mol. The van der Waals surface area contributed by atoms with E-state index in [1.807, 2.05) is 6.92 Å². The number of Topliss-reactive ketones (excluding diaryl/α,β-unsaturated/α-hetero) is 2. The summed E-state index contributed by atoms with van der Waals surface area (Å²) < 4.78 is 10.3. The Hall–Kier alpha value is -1.60. The van der Waals surface area contributed by atoms with Crippen LogP contribution in [-0.4, -0.2) is 61.3 Å². The molecule has 1 fully saturated rings. The third kappa shape index (κ3) is 7.31. The highest BCUT2D eigenvalue weighted by molar-refractivity contribution is 6.03. The van der Waals surface area contributed by atoms with E-state index in [2.05, 4.69) is 0 Å². The van der Waals surface area contributed by atoms with Gasteiger partial charge in [-0.3, -0.25) is 24.1 Å².